The fraction of sp³-hybridized carbons (Fsp3) is 0.967. The lowest BCUT2D eigenvalue weighted by Crippen LogP contribution is -2.72. The Kier molecular flexibility index (Phi) is 7.47. The van der Waals surface area contributed by atoms with Crippen LogP contribution in [0.1, 0.15) is 106 Å². The van der Waals surface area contributed by atoms with E-state index in [1.807, 2.05) is 20.8 Å². The Bertz CT molecular complexity index is 828. The van der Waals surface area contributed by atoms with Gasteiger partial charge in [-0.1, -0.05) is 34.1 Å². The molecule has 0 bridgehead atoms. The zero-order valence-corrected chi connectivity index (χ0v) is 23.7. The quantitative estimate of drug-likeness (QED) is 0.395. The average Bonchev–Trinajstić information content (AvgIpc) is 3.11. The van der Waals surface area contributed by atoms with Crippen LogP contribution in [0.3, 0.4) is 0 Å². The number of hydrogen-bond acceptors (Lipinski definition) is 6. The van der Waals surface area contributed by atoms with Crippen LogP contribution in [0.2, 0.25) is 0 Å². The molecule has 12 atom stereocenters. The second kappa shape index (κ2) is 9.50. The summed E-state index contributed by atoms with van der Waals surface area (Å²) in [5, 5.41) is 44.4. The summed E-state index contributed by atoms with van der Waals surface area (Å²) >= 11 is 0. The molecule has 0 saturated heterocycles. The van der Waals surface area contributed by atoms with Crippen LogP contribution in [-0.4, -0.2) is 55.9 Å². The zero-order valence-electron chi connectivity index (χ0n) is 23.7. The first-order valence-corrected chi connectivity index (χ1v) is 14.5. The van der Waals surface area contributed by atoms with Crippen LogP contribution in [0.15, 0.2) is 0 Å². The Morgan fingerprint density at radius 3 is 2.31 bits per heavy atom. The maximum Gasteiger partial charge on any atom is 0.303 e. The predicted octanol–water partition coefficient (Wildman–Crippen LogP) is 4.46. The molecule has 0 spiro atoms. The molecule has 0 radical (unpaired) electrons. The van der Waals surface area contributed by atoms with Gasteiger partial charge >= 0.3 is 5.97 Å². The molecule has 0 aromatic rings. The van der Waals surface area contributed by atoms with Crippen molar-refractivity contribution in [2.45, 2.75) is 136 Å². The van der Waals surface area contributed by atoms with E-state index in [2.05, 4.69) is 20.8 Å². The van der Waals surface area contributed by atoms with Crippen LogP contribution >= 0.6 is 0 Å². The highest BCUT2D eigenvalue weighted by atomic mass is 16.6. The largest absolute Gasteiger partial charge is 0.460 e. The smallest absolute Gasteiger partial charge is 0.303 e. The maximum absolute atomic E-state index is 11.7. The molecular weight excluding hydrogens is 456 g/mol. The van der Waals surface area contributed by atoms with Gasteiger partial charge in [0.2, 0.25) is 0 Å². The molecule has 6 nitrogen and oxygen atoms in total. The summed E-state index contributed by atoms with van der Waals surface area (Å²) in [6, 6.07) is 0. The third-order valence-electron chi connectivity index (χ3n) is 12.3. The lowest BCUT2D eigenvalue weighted by atomic mass is 9.41. The van der Waals surface area contributed by atoms with Crippen molar-refractivity contribution in [1.82, 2.24) is 0 Å². The number of hydrogen-bond donors (Lipinski definition) is 4. The van der Waals surface area contributed by atoms with Crippen molar-refractivity contribution in [3.05, 3.63) is 0 Å². The number of carbonyl (C=O) groups excluding carboxylic acids is 1. The van der Waals surface area contributed by atoms with E-state index in [1.165, 1.54) is 13.3 Å². The van der Waals surface area contributed by atoms with Crippen molar-refractivity contribution in [3.63, 3.8) is 0 Å². The second-order valence-corrected chi connectivity index (χ2v) is 14.3. The minimum absolute atomic E-state index is 0.147. The number of esters is 1. The van der Waals surface area contributed by atoms with Crippen molar-refractivity contribution < 1.29 is 30.0 Å². The molecule has 4 fully saturated rings. The SMILES string of the molecule is CC(=O)OC(C)(C)[C@@H](C)CC[C@@H](C)[C@H]1CC[C@H]2[C@@H]3C[C@@H](O)[C@@]4(O)C[C@@H](O)C[C@@H](O)[C@]4(C)[C@H]3CC[C@]12C. The number of rotatable bonds is 6. The molecule has 4 N–H and O–H groups in total. The topological polar surface area (TPSA) is 107 Å². The number of carbonyl (C=O) groups is 1. The number of aliphatic hydroxyl groups is 4. The number of fused-ring (bicyclic) bond motifs is 5. The molecule has 0 aromatic heterocycles. The van der Waals surface area contributed by atoms with Gasteiger partial charge in [-0.05, 0) is 99.7 Å². The number of aliphatic hydroxyl groups excluding tert-OH is 3. The van der Waals surface area contributed by atoms with Crippen LogP contribution < -0.4 is 0 Å². The van der Waals surface area contributed by atoms with Gasteiger partial charge in [0.15, 0.2) is 0 Å². The molecule has 208 valence electrons. The summed E-state index contributed by atoms with van der Waals surface area (Å²) in [6.07, 6.45) is 4.96. The van der Waals surface area contributed by atoms with Gasteiger partial charge in [0.25, 0.3) is 0 Å². The third-order valence-corrected chi connectivity index (χ3v) is 12.3. The van der Waals surface area contributed by atoms with Crippen LogP contribution in [0.25, 0.3) is 0 Å². The van der Waals surface area contributed by atoms with Gasteiger partial charge < -0.3 is 25.2 Å². The Labute approximate surface area is 218 Å². The van der Waals surface area contributed by atoms with Gasteiger partial charge in [-0.2, -0.15) is 0 Å². The monoisotopic (exact) mass is 508 g/mol. The first-order chi connectivity index (χ1) is 16.6. The summed E-state index contributed by atoms with van der Waals surface area (Å²) < 4.78 is 5.59. The molecule has 0 heterocycles. The fourth-order valence-electron chi connectivity index (χ4n) is 9.84. The van der Waals surface area contributed by atoms with Gasteiger partial charge in [-0.25, -0.2) is 0 Å². The molecule has 4 aliphatic rings. The van der Waals surface area contributed by atoms with E-state index in [1.54, 1.807) is 0 Å². The highest BCUT2D eigenvalue weighted by Crippen LogP contribution is 2.69. The Hall–Kier alpha value is -0.690. The van der Waals surface area contributed by atoms with Gasteiger partial charge in [-0.15, -0.1) is 0 Å². The fourth-order valence-corrected chi connectivity index (χ4v) is 9.84. The van der Waals surface area contributed by atoms with E-state index < -0.39 is 34.9 Å². The molecule has 4 rings (SSSR count). The van der Waals surface area contributed by atoms with E-state index >= 15 is 0 Å². The van der Waals surface area contributed by atoms with Crippen molar-refractivity contribution in [3.8, 4) is 0 Å². The lowest BCUT2D eigenvalue weighted by Gasteiger charge is -2.66. The molecular formula is C30H52O6. The molecule has 0 unspecified atom stereocenters. The van der Waals surface area contributed by atoms with E-state index in [9.17, 15) is 25.2 Å². The Balaban J connectivity index is 1.49. The summed E-state index contributed by atoms with van der Waals surface area (Å²) in [7, 11) is 0. The molecule has 0 aromatic carbocycles. The Morgan fingerprint density at radius 1 is 1.00 bits per heavy atom. The summed E-state index contributed by atoms with van der Waals surface area (Å²) in [4.78, 5) is 11.5. The average molecular weight is 509 g/mol. The molecule has 0 amide bonds. The third kappa shape index (κ3) is 4.26. The maximum atomic E-state index is 11.7. The van der Waals surface area contributed by atoms with Crippen LogP contribution in [-0.2, 0) is 9.53 Å². The Morgan fingerprint density at radius 2 is 1.67 bits per heavy atom. The predicted molar refractivity (Wildman–Crippen MR) is 139 cm³/mol. The van der Waals surface area contributed by atoms with E-state index in [0.717, 1.165) is 32.1 Å². The number of ether oxygens (including phenoxy) is 1. The molecule has 0 aliphatic heterocycles. The normalized spacial score (nSPS) is 48.4. The van der Waals surface area contributed by atoms with Crippen molar-refractivity contribution >= 4 is 5.97 Å². The van der Waals surface area contributed by atoms with Gasteiger partial charge in [-0.3, -0.25) is 4.79 Å². The van der Waals surface area contributed by atoms with Crippen molar-refractivity contribution in [1.29, 1.82) is 0 Å². The van der Waals surface area contributed by atoms with Crippen LogP contribution in [0.4, 0.5) is 0 Å². The van der Waals surface area contributed by atoms with Gasteiger partial charge in [0.1, 0.15) is 11.2 Å². The van der Waals surface area contributed by atoms with Crippen molar-refractivity contribution in [2.24, 2.45) is 46.3 Å². The molecule has 36 heavy (non-hydrogen) atoms. The highest BCUT2D eigenvalue weighted by molar-refractivity contribution is 5.66. The second-order valence-electron chi connectivity index (χ2n) is 14.3. The minimum Gasteiger partial charge on any atom is -0.460 e. The van der Waals surface area contributed by atoms with E-state index in [4.69, 9.17) is 4.74 Å². The lowest BCUT2D eigenvalue weighted by molar-refractivity contribution is -0.294. The standard InChI is InChI=1S/C30H52O6/c1-17(8-9-18(2)27(4,5)36-19(3)31)22-10-11-23-21-15-26(34)30(35)16-20(32)14-25(33)29(30,7)24(21)12-13-28(22,23)6/h17-18,20-26,32-35H,8-16H2,1-7H3/t17-,18+,20+,21+,22-,23+,24+,25-,26-,28-,29+,30+/m1/s1. The molecule has 4 aliphatic carbocycles. The van der Waals surface area contributed by atoms with Crippen molar-refractivity contribution in [2.75, 3.05) is 0 Å². The molecule has 4 saturated carbocycles. The highest BCUT2D eigenvalue weighted by Gasteiger charge is 2.70. The first kappa shape index (κ1) is 28.3. The van der Waals surface area contributed by atoms with Crippen LogP contribution in [0, 0.1) is 46.3 Å². The van der Waals surface area contributed by atoms with Crippen LogP contribution in [0.5, 0.6) is 0 Å². The molecule has 6 heteroatoms. The van der Waals surface area contributed by atoms with E-state index in [0.29, 0.717) is 24.2 Å². The minimum atomic E-state index is -1.44. The van der Waals surface area contributed by atoms with E-state index in [-0.39, 0.29) is 42.0 Å². The zero-order chi connectivity index (χ0) is 26.8. The summed E-state index contributed by atoms with van der Waals surface area (Å²) in [6.45, 7) is 14.5. The van der Waals surface area contributed by atoms with Gasteiger partial charge in [0, 0.05) is 18.8 Å². The summed E-state index contributed by atoms with van der Waals surface area (Å²) in [5.74, 6) is 2.14. The first-order valence-electron chi connectivity index (χ1n) is 14.5. The van der Waals surface area contributed by atoms with Gasteiger partial charge in [0.05, 0.1) is 18.3 Å². The summed E-state index contributed by atoms with van der Waals surface area (Å²) in [5.41, 5.74) is -2.50.